The van der Waals surface area contributed by atoms with E-state index in [2.05, 4.69) is 40.2 Å². The van der Waals surface area contributed by atoms with E-state index >= 15 is 0 Å². The van der Waals surface area contributed by atoms with E-state index in [1.54, 1.807) is 0 Å². The minimum atomic E-state index is -0.439. The summed E-state index contributed by atoms with van der Waals surface area (Å²) in [4.78, 5) is 34.2. The number of carbonyl (C=O) groups excluding carboxylic acids is 2. The number of rotatable bonds is 3. The number of aliphatic imine (C=N–C) groups is 1. The van der Waals surface area contributed by atoms with Crippen LogP contribution in [-0.4, -0.2) is 66.3 Å². The first kappa shape index (κ1) is 24.2. The average molecular weight is 478 g/mol. The highest BCUT2D eigenvalue weighted by Crippen LogP contribution is 2.47. The Morgan fingerprint density at radius 1 is 1.06 bits per heavy atom. The van der Waals surface area contributed by atoms with Gasteiger partial charge in [0.15, 0.2) is 0 Å². The van der Waals surface area contributed by atoms with Crippen molar-refractivity contribution in [1.82, 2.24) is 9.80 Å². The van der Waals surface area contributed by atoms with Crippen LogP contribution in [0.1, 0.15) is 82.3 Å². The Morgan fingerprint density at radius 3 is 2.60 bits per heavy atom. The predicted molar refractivity (Wildman–Crippen MR) is 139 cm³/mol. The first-order valence-electron chi connectivity index (χ1n) is 13.7. The van der Waals surface area contributed by atoms with E-state index in [1.807, 2.05) is 11.8 Å². The standard InChI is InChI=1S/C29H39N3O3/c1-2-35-28(34)30-22-9-3-4-10-23(21-22)31-19-15-29(16-20-31)14-13-25(24-11-5-6-12-26(24)29)27(33)32-17-7-8-18-32/h5-6,11-13,23H,2-4,7-10,14-21H2,1H3/b30-22+. The van der Waals surface area contributed by atoms with E-state index in [1.165, 1.54) is 18.4 Å². The number of fused-ring (bicyclic) bond motifs is 2. The highest BCUT2D eigenvalue weighted by atomic mass is 16.5. The first-order valence-corrected chi connectivity index (χ1v) is 13.7. The lowest BCUT2D eigenvalue weighted by molar-refractivity contribution is -0.124. The lowest BCUT2D eigenvalue weighted by Gasteiger charge is -2.47. The Hall–Kier alpha value is -2.47. The van der Waals surface area contributed by atoms with Crippen LogP contribution in [0.2, 0.25) is 0 Å². The third kappa shape index (κ3) is 5.09. The summed E-state index contributed by atoms with van der Waals surface area (Å²) in [6, 6.07) is 9.09. The molecule has 1 spiro atoms. The highest BCUT2D eigenvalue weighted by Gasteiger charge is 2.42. The van der Waals surface area contributed by atoms with Crippen LogP contribution in [0.3, 0.4) is 0 Å². The summed E-state index contributed by atoms with van der Waals surface area (Å²) in [5.41, 5.74) is 4.56. The largest absolute Gasteiger partial charge is 0.448 e. The molecule has 1 aromatic rings. The minimum Gasteiger partial charge on any atom is -0.448 e. The van der Waals surface area contributed by atoms with Gasteiger partial charge in [0.1, 0.15) is 0 Å². The Balaban J connectivity index is 1.29. The molecule has 3 fully saturated rings. The molecule has 2 aliphatic carbocycles. The van der Waals surface area contributed by atoms with Crippen LogP contribution in [-0.2, 0) is 14.9 Å². The van der Waals surface area contributed by atoms with Crippen molar-refractivity contribution in [1.29, 1.82) is 0 Å². The molecular weight excluding hydrogens is 438 g/mol. The van der Waals surface area contributed by atoms with E-state index in [-0.39, 0.29) is 11.3 Å². The van der Waals surface area contributed by atoms with Gasteiger partial charge in [-0.25, -0.2) is 4.79 Å². The molecule has 1 aromatic carbocycles. The van der Waals surface area contributed by atoms with Gasteiger partial charge in [0.05, 0.1) is 6.61 Å². The molecule has 2 heterocycles. The zero-order valence-electron chi connectivity index (χ0n) is 21.1. The Kier molecular flexibility index (Phi) is 7.37. The second-order valence-electron chi connectivity index (χ2n) is 10.7. The van der Waals surface area contributed by atoms with Crippen molar-refractivity contribution >= 4 is 23.3 Å². The minimum absolute atomic E-state index is 0.120. The van der Waals surface area contributed by atoms with E-state index in [0.29, 0.717) is 12.6 Å². The number of amides is 2. The number of hydrogen-bond donors (Lipinski definition) is 0. The van der Waals surface area contributed by atoms with Crippen LogP contribution >= 0.6 is 0 Å². The molecule has 1 atom stereocenters. The first-order chi connectivity index (χ1) is 17.1. The predicted octanol–water partition coefficient (Wildman–Crippen LogP) is 5.36. The monoisotopic (exact) mass is 477 g/mol. The Labute approximate surface area is 209 Å². The maximum absolute atomic E-state index is 13.3. The molecule has 0 N–H and O–H groups in total. The van der Waals surface area contributed by atoms with Gasteiger partial charge in [-0.15, -0.1) is 0 Å². The fraction of sp³-hybridized carbons (Fsp3) is 0.621. The van der Waals surface area contributed by atoms with Crippen molar-refractivity contribution in [2.24, 2.45) is 4.99 Å². The molecule has 5 rings (SSSR count). The van der Waals surface area contributed by atoms with Gasteiger partial charge >= 0.3 is 6.09 Å². The topological polar surface area (TPSA) is 62.2 Å². The second kappa shape index (κ2) is 10.7. The molecule has 2 saturated heterocycles. The highest BCUT2D eigenvalue weighted by molar-refractivity contribution is 6.20. The zero-order chi connectivity index (χ0) is 24.3. The SMILES string of the molecule is CCOC(=O)/N=C1\CCCCC(N2CCC3(CC=C(C(=O)N4CCCC4)c4ccccc43)CC2)C1. The summed E-state index contributed by atoms with van der Waals surface area (Å²) in [5.74, 6) is 0.217. The van der Waals surface area contributed by atoms with Crippen LogP contribution in [0.15, 0.2) is 35.3 Å². The number of benzene rings is 1. The van der Waals surface area contributed by atoms with E-state index in [0.717, 1.165) is 94.4 Å². The smallest absolute Gasteiger partial charge is 0.433 e. The summed E-state index contributed by atoms with van der Waals surface area (Å²) in [6.07, 6.45) is 12.4. The molecule has 0 radical (unpaired) electrons. The molecule has 6 nitrogen and oxygen atoms in total. The van der Waals surface area contributed by atoms with Crippen molar-refractivity contribution in [3.63, 3.8) is 0 Å². The van der Waals surface area contributed by atoms with Crippen LogP contribution < -0.4 is 0 Å². The lowest BCUT2D eigenvalue weighted by Crippen LogP contribution is -2.48. The van der Waals surface area contributed by atoms with Crippen LogP contribution in [0.5, 0.6) is 0 Å². The molecule has 1 saturated carbocycles. The van der Waals surface area contributed by atoms with E-state index in [4.69, 9.17) is 4.74 Å². The van der Waals surface area contributed by atoms with E-state index in [9.17, 15) is 9.59 Å². The summed E-state index contributed by atoms with van der Waals surface area (Å²) < 4.78 is 5.06. The Morgan fingerprint density at radius 2 is 1.83 bits per heavy atom. The summed E-state index contributed by atoms with van der Waals surface area (Å²) in [5, 5.41) is 0. The summed E-state index contributed by atoms with van der Waals surface area (Å²) in [7, 11) is 0. The third-order valence-electron chi connectivity index (χ3n) is 8.62. The summed E-state index contributed by atoms with van der Waals surface area (Å²) >= 11 is 0. The number of carbonyl (C=O) groups is 2. The molecule has 0 bridgehead atoms. The van der Waals surface area contributed by atoms with Crippen molar-refractivity contribution in [3.8, 4) is 0 Å². The van der Waals surface area contributed by atoms with Crippen molar-refractivity contribution in [2.75, 3.05) is 32.8 Å². The molecule has 4 aliphatic rings. The summed E-state index contributed by atoms with van der Waals surface area (Å²) in [6.45, 7) is 6.07. The van der Waals surface area contributed by atoms with Gasteiger partial charge in [0.2, 0.25) is 0 Å². The van der Waals surface area contributed by atoms with Gasteiger partial charge in [-0.3, -0.25) is 9.69 Å². The fourth-order valence-corrected chi connectivity index (χ4v) is 6.66. The second-order valence-corrected chi connectivity index (χ2v) is 10.7. The maximum atomic E-state index is 13.3. The number of piperidine rings is 1. The van der Waals surface area contributed by atoms with Crippen LogP contribution in [0.25, 0.3) is 5.57 Å². The fourth-order valence-electron chi connectivity index (χ4n) is 6.66. The van der Waals surface area contributed by atoms with Gasteiger partial charge in [0.25, 0.3) is 5.91 Å². The van der Waals surface area contributed by atoms with Gasteiger partial charge in [-0.05, 0) is 82.5 Å². The average Bonchev–Trinajstić information content (AvgIpc) is 3.32. The number of hydrogen-bond acceptors (Lipinski definition) is 4. The number of nitrogens with zero attached hydrogens (tertiary/aromatic N) is 3. The zero-order valence-corrected chi connectivity index (χ0v) is 21.1. The molecule has 35 heavy (non-hydrogen) atoms. The normalized spacial score (nSPS) is 25.7. The molecule has 0 aromatic heterocycles. The molecule has 188 valence electrons. The number of ether oxygens (including phenoxy) is 1. The van der Waals surface area contributed by atoms with Gasteiger partial charge in [-0.2, -0.15) is 4.99 Å². The van der Waals surface area contributed by atoms with Crippen molar-refractivity contribution in [2.45, 2.75) is 82.6 Å². The molecule has 2 amide bonds. The molecule has 2 aliphatic heterocycles. The van der Waals surface area contributed by atoms with Crippen LogP contribution in [0, 0.1) is 0 Å². The quantitative estimate of drug-likeness (QED) is 0.550. The lowest BCUT2D eigenvalue weighted by atomic mass is 9.65. The maximum Gasteiger partial charge on any atom is 0.433 e. The van der Waals surface area contributed by atoms with Gasteiger partial charge in [0, 0.05) is 42.3 Å². The number of allylic oxidation sites excluding steroid dienone is 1. The van der Waals surface area contributed by atoms with E-state index < -0.39 is 6.09 Å². The number of likely N-dealkylation sites (tertiary alicyclic amines) is 2. The van der Waals surface area contributed by atoms with Crippen LogP contribution in [0.4, 0.5) is 4.79 Å². The third-order valence-corrected chi connectivity index (χ3v) is 8.62. The van der Waals surface area contributed by atoms with Crippen molar-refractivity contribution < 1.29 is 14.3 Å². The van der Waals surface area contributed by atoms with Crippen molar-refractivity contribution in [3.05, 3.63) is 41.5 Å². The Bertz CT molecular complexity index is 1000. The molecule has 6 heteroatoms. The molecule has 1 unspecified atom stereocenters. The van der Waals surface area contributed by atoms with Gasteiger partial charge < -0.3 is 9.64 Å². The molecular formula is C29H39N3O3. The van der Waals surface area contributed by atoms with Gasteiger partial charge in [-0.1, -0.05) is 36.8 Å².